The van der Waals surface area contributed by atoms with E-state index in [9.17, 15) is 18.0 Å². The average molecular weight is 365 g/mol. The van der Waals surface area contributed by atoms with Crippen LogP contribution in [0.25, 0.3) is 0 Å². The minimum atomic E-state index is -4.51. The molecule has 4 rings (SSSR count). The van der Waals surface area contributed by atoms with Crippen LogP contribution >= 0.6 is 0 Å². The first-order chi connectivity index (χ1) is 12.4. The lowest BCUT2D eigenvalue weighted by atomic mass is 10.2. The van der Waals surface area contributed by atoms with Crippen molar-refractivity contribution < 1.29 is 13.2 Å². The molecule has 0 aromatic carbocycles. The first-order valence-electron chi connectivity index (χ1n) is 8.66. The first kappa shape index (κ1) is 17.0. The molecule has 0 amide bonds. The minimum Gasteiger partial charge on any atom is -0.352 e. The standard InChI is InChI=1S/C17H18F3N5O/c18-17(19,20)14-8-15(22-10-21-14)24-7-1-2-12(24)9-25-16(26)6-5-13(23-25)11-3-4-11/h5-6,8,10-12H,1-4,7,9H2. The molecular formula is C17H18F3N5O. The van der Waals surface area contributed by atoms with Crippen LogP contribution in [0.1, 0.15) is 43.0 Å². The molecule has 1 unspecified atom stereocenters. The van der Waals surface area contributed by atoms with Crippen molar-refractivity contribution in [3.63, 3.8) is 0 Å². The van der Waals surface area contributed by atoms with E-state index in [2.05, 4.69) is 15.1 Å². The van der Waals surface area contributed by atoms with Gasteiger partial charge in [0.15, 0.2) is 0 Å². The highest BCUT2D eigenvalue weighted by atomic mass is 19.4. The van der Waals surface area contributed by atoms with Crippen LogP contribution in [0.4, 0.5) is 19.0 Å². The van der Waals surface area contributed by atoms with Gasteiger partial charge in [-0.25, -0.2) is 14.6 Å². The topological polar surface area (TPSA) is 63.9 Å². The molecule has 26 heavy (non-hydrogen) atoms. The van der Waals surface area contributed by atoms with Crippen LogP contribution in [0.15, 0.2) is 29.3 Å². The Morgan fingerprint density at radius 2 is 1.96 bits per heavy atom. The Hall–Kier alpha value is -2.45. The Morgan fingerprint density at radius 3 is 2.69 bits per heavy atom. The summed E-state index contributed by atoms with van der Waals surface area (Å²) in [6.45, 7) is 0.931. The first-order valence-corrected chi connectivity index (χ1v) is 8.66. The van der Waals surface area contributed by atoms with Crippen LogP contribution in [0.2, 0.25) is 0 Å². The molecule has 1 saturated carbocycles. The number of halogens is 3. The van der Waals surface area contributed by atoms with Gasteiger partial charge in [-0.05, 0) is 31.7 Å². The molecule has 1 aliphatic heterocycles. The monoisotopic (exact) mass is 365 g/mol. The van der Waals surface area contributed by atoms with Gasteiger partial charge >= 0.3 is 6.18 Å². The zero-order chi connectivity index (χ0) is 18.3. The predicted octanol–water partition coefficient (Wildman–Crippen LogP) is 2.60. The van der Waals surface area contributed by atoms with Crippen molar-refractivity contribution in [2.24, 2.45) is 0 Å². The zero-order valence-electron chi connectivity index (χ0n) is 14.0. The fraction of sp³-hybridized carbons (Fsp3) is 0.529. The molecule has 1 atom stereocenters. The van der Waals surface area contributed by atoms with Crippen molar-refractivity contribution in [3.05, 3.63) is 46.3 Å². The third-order valence-corrected chi connectivity index (χ3v) is 4.88. The lowest BCUT2D eigenvalue weighted by Gasteiger charge is -2.26. The maximum atomic E-state index is 12.9. The van der Waals surface area contributed by atoms with E-state index in [1.54, 1.807) is 6.07 Å². The molecule has 9 heteroatoms. The van der Waals surface area contributed by atoms with Gasteiger partial charge in [0.1, 0.15) is 17.8 Å². The van der Waals surface area contributed by atoms with Crippen LogP contribution < -0.4 is 10.5 Å². The van der Waals surface area contributed by atoms with E-state index in [-0.39, 0.29) is 17.4 Å². The molecule has 2 aromatic heterocycles. The summed E-state index contributed by atoms with van der Waals surface area (Å²) in [6, 6.07) is 4.13. The number of anilines is 1. The predicted molar refractivity (Wildman–Crippen MR) is 87.9 cm³/mol. The van der Waals surface area contributed by atoms with Crippen LogP contribution in [-0.4, -0.2) is 32.3 Å². The van der Waals surface area contributed by atoms with Crippen molar-refractivity contribution in [2.45, 2.75) is 50.4 Å². The van der Waals surface area contributed by atoms with Gasteiger partial charge in [-0.15, -0.1) is 0 Å². The van der Waals surface area contributed by atoms with Crippen molar-refractivity contribution in [3.8, 4) is 0 Å². The largest absolute Gasteiger partial charge is 0.433 e. The summed E-state index contributed by atoms with van der Waals surface area (Å²) < 4.78 is 40.2. The number of nitrogens with zero attached hydrogens (tertiary/aromatic N) is 5. The third kappa shape index (κ3) is 3.42. The highest BCUT2D eigenvalue weighted by molar-refractivity contribution is 5.42. The van der Waals surface area contributed by atoms with Gasteiger partial charge in [0, 0.05) is 24.6 Å². The van der Waals surface area contributed by atoms with E-state index in [4.69, 9.17) is 0 Å². The highest BCUT2D eigenvalue weighted by Crippen LogP contribution is 2.38. The molecule has 0 radical (unpaired) electrons. The Kier molecular flexibility index (Phi) is 4.16. The molecule has 138 valence electrons. The van der Waals surface area contributed by atoms with Crippen molar-refractivity contribution in [1.29, 1.82) is 0 Å². The molecule has 1 saturated heterocycles. The Labute approximate surface area is 147 Å². The van der Waals surface area contributed by atoms with Gasteiger partial charge in [0.05, 0.1) is 18.3 Å². The molecule has 1 aliphatic carbocycles. The van der Waals surface area contributed by atoms with E-state index >= 15 is 0 Å². The fourth-order valence-corrected chi connectivity index (χ4v) is 3.38. The number of alkyl halides is 3. The summed E-state index contributed by atoms with van der Waals surface area (Å²) in [6.07, 6.45) is 0.194. The molecule has 6 nitrogen and oxygen atoms in total. The summed E-state index contributed by atoms with van der Waals surface area (Å²) in [5.74, 6) is 0.666. The van der Waals surface area contributed by atoms with E-state index in [1.165, 1.54) is 10.7 Å². The van der Waals surface area contributed by atoms with Gasteiger partial charge < -0.3 is 4.90 Å². The summed E-state index contributed by atoms with van der Waals surface area (Å²) in [4.78, 5) is 21.3. The summed E-state index contributed by atoms with van der Waals surface area (Å²) in [5.41, 5.74) is -0.241. The molecule has 3 heterocycles. The molecule has 0 spiro atoms. The van der Waals surface area contributed by atoms with Crippen molar-refractivity contribution in [1.82, 2.24) is 19.7 Å². The van der Waals surface area contributed by atoms with E-state index in [0.29, 0.717) is 19.0 Å². The fourth-order valence-electron chi connectivity index (χ4n) is 3.38. The molecule has 0 bridgehead atoms. The zero-order valence-corrected chi connectivity index (χ0v) is 14.0. The Morgan fingerprint density at radius 1 is 1.15 bits per heavy atom. The van der Waals surface area contributed by atoms with Crippen molar-refractivity contribution in [2.75, 3.05) is 11.4 Å². The summed E-state index contributed by atoms with van der Waals surface area (Å²) in [7, 11) is 0. The molecular weight excluding hydrogens is 347 g/mol. The maximum Gasteiger partial charge on any atom is 0.433 e. The van der Waals surface area contributed by atoms with Crippen molar-refractivity contribution >= 4 is 5.82 Å². The second-order valence-corrected chi connectivity index (χ2v) is 6.80. The van der Waals surface area contributed by atoms with Crippen LogP contribution in [-0.2, 0) is 12.7 Å². The number of hydrogen-bond acceptors (Lipinski definition) is 5. The van der Waals surface area contributed by atoms with Crippen LogP contribution in [0.5, 0.6) is 0 Å². The number of aromatic nitrogens is 4. The van der Waals surface area contributed by atoms with Gasteiger partial charge in [-0.2, -0.15) is 18.3 Å². The Bertz CT molecular complexity index is 862. The van der Waals surface area contributed by atoms with Crippen LogP contribution in [0.3, 0.4) is 0 Å². The molecule has 0 N–H and O–H groups in total. The van der Waals surface area contributed by atoms with Gasteiger partial charge in [-0.3, -0.25) is 4.79 Å². The Balaban J connectivity index is 1.58. The van der Waals surface area contributed by atoms with E-state index in [0.717, 1.165) is 43.8 Å². The van der Waals surface area contributed by atoms with E-state index < -0.39 is 11.9 Å². The SMILES string of the molecule is O=c1ccc(C2CC2)nn1CC1CCCN1c1cc(C(F)(F)F)ncn1. The number of hydrogen-bond donors (Lipinski definition) is 0. The average Bonchev–Trinajstić information content (AvgIpc) is 3.35. The lowest BCUT2D eigenvalue weighted by Crippen LogP contribution is -2.37. The van der Waals surface area contributed by atoms with Gasteiger partial charge in [-0.1, -0.05) is 0 Å². The number of rotatable bonds is 4. The summed E-state index contributed by atoms with van der Waals surface area (Å²) in [5, 5.41) is 4.45. The molecule has 2 aliphatic rings. The molecule has 2 aromatic rings. The maximum absolute atomic E-state index is 12.9. The van der Waals surface area contributed by atoms with Gasteiger partial charge in [0.25, 0.3) is 5.56 Å². The third-order valence-electron chi connectivity index (χ3n) is 4.88. The van der Waals surface area contributed by atoms with E-state index in [1.807, 2.05) is 4.90 Å². The minimum absolute atomic E-state index is 0.120. The van der Waals surface area contributed by atoms with Gasteiger partial charge in [0.2, 0.25) is 0 Å². The smallest absolute Gasteiger partial charge is 0.352 e. The van der Waals surface area contributed by atoms with Crippen LogP contribution in [0, 0.1) is 0 Å². The lowest BCUT2D eigenvalue weighted by molar-refractivity contribution is -0.141. The molecule has 2 fully saturated rings. The highest BCUT2D eigenvalue weighted by Gasteiger charge is 2.35. The quantitative estimate of drug-likeness (QED) is 0.833. The second kappa shape index (κ2) is 6.37. The second-order valence-electron chi connectivity index (χ2n) is 6.80. The summed E-state index contributed by atoms with van der Waals surface area (Å²) >= 11 is 0. The normalized spacial score (nSPS) is 20.6.